The fraction of sp³-hybridized carbons (Fsp3) is 0.297. The van der Waals surface area contributed by atoms with E-state index in [1.54, 1.807) is 37.4 Å². The number of hydrogen-bond donors (Lipinski definition) is 1. The molecular formula is C37H43N3O5S. The normalized spacial score (nSPS) is 12.5. The lowest BCUT2D eigenvalue weighted by molar-refractivity contribution is -0.140. The predicted molar refractivity (Wildman–Crippen MR) is 182 cm³/mol. The Morgan fingerprint density at radius 3 is 2.11 bits per heavy atom. The molecule has 0 spiro atoms. The molecule has 0 heterocycles. The van der Waals surface area contributed by atoms with E-state index in [1.165, 1.54) is 21.3 Å². The summed E-state index contributed by atoms with van der Waals surface area (Å²) in [6, 6.07) is 31.1. The standard InChI is InChI=1S/C37H43N3O5S/c1-5-28(3)38-37(42)35(25-29-16-9-7-10-17-29)39(26-30-18-15-20-32(24-30)45-4)36(41)27-40(34-23-14-13-19-31(34)6-2)46(43,44)33-21-11-8-12-22-33/h7-24,28,35H,5-6,25-27H2,1-4H3,(H,38,42)/t28-,35-/m1/s1. The van der Waals surface area contributed by atoms with Crippen molar-refractivity contribution in [3.63, 3.8) is 0 Å². The lowest BCUT2D eigenvalue weighted by atomic mass is 10.0. The van der Waals surface area contributed by atoms with E-state index in [-0.39, 0.29) is 29.8 Å². The first-order chi connectivity index (χ1) is 22.2. The van der Waals surface area contributed by atoms with E-state index in [9.17, 15) is 18.0 Å². The first kappa shape index (κ1) is 34.2. The van der Waals surface area contributed by atoms with Crippen LogP contribution in [0.1, 0.15) is 43.9 Å². The molecular weight excluding hydrogens is 598 g/mol. The van der Waals surface area contributed by atoms with Crippen LogP contribution >= 0.6 is 0 Å². The second kappa shape index (κ2) is 16.1. The molecule has 4 aromatic rings. The van der Waals surface area contributed by atoms with Crippen LogP contribution in [0.2, 0.25) is 0 Å². The van der Waals surface area contributed by atoms with E-state index in [2.05, 4.69) is 5.32 Å². The second-order valence-electron chi connectivity index (χ2n) is 11.2. The number of nitrogens with zero attached hydrogens (tertiary/aromatic N) is 2. The third kappa shape index (κ3) is 8.54. The quantitative estimate of drug-likeness (QED) is 0.172. The molecule has 8 nitrogen and oxygen atoms in total. The smallest absolute Gasteiger partial charge is 0.264 e. The average molecular weight is 642 g/mol. The van der Waals surface area contributed by atoms with Gasteiger partial charge < -0.3 is 15.0 Å². The molecule has 0 aromatic heterocycles. The van der Waals surface area contributed by atoms with Crippen molar-refractivity contribution in [2.45, 2.75) is 63.6 Å². The number of carbonyl (C=O) groups is 2. The molecule has 0 aliphatic carbocycles. The summed E-state index contributed by atoms with van der Waals surface area (Å²) in [4.78, 5) is 30.2. The second-order valence-corrected chi connectivity index (χ2v) is 13.1. The van der Waals surface area contributed by atoms with Crippen molar-refractivity contribution in [1.29, 1.82) is 0 Å². The fourth-order valence-electron chi connectivity index (χ4n) is 5.25. The topological polar surface area (TPSA) is 96.0 Å². The maximum absolute atomic E-state index is 14.7. The Bertz CT molecular complexity index is 1700. The molecule has 0 bridgehead atoms. The molecule has 9 heteroatoms. The lowest BCUT2D eigenvalue weighted by Gasteiger charge is -2.34. The van der Waals surface area contributed by atoms with Gasteiger partial charge in [-0.15, -0.1) is 0 Å². The van der Waals surface area contributed by atoms with Crippen molar-refractivity contribution < 1.29 is 22.7 Å². The van der Waals surface area contributed by atoms with Crippen LogP contribution < -0.4 is 14.4 Å². The van der Waals surface area contributed by atoms with E-state index in [1.807, 2.05) is 87.5 Å². The summed E-state index contributed by atoms with van der Waals surface area (Å²) in [6.07, 6.45) is 1.52. The van der Waals surface area contributed by atoms with E-state index in [0.717, 1.165) is 16.7 Å². The molecule has 0 aliphatic heterocycles. The Morgan fingerprint density at radius 1 is 0.826 bits per heavy atom. The molecule has 0 radical (unpaired) electrons. The number of rotatable bonds is 15. The number of aryl methyl sites for hydroxylation is 1. The van der Waals surface area contributed by atoms with Gasteiger partial charge in [0.05, 0.1) is 17.7 Å². The molecule has 1 N–H and O–H groups in total. The van der Waals surface area contributed by atoms with Crippen LogP contribution in [-0.4, -0.2) is 50.9 Å². The van der Waals surface area contributed by atoms with Gasteiger partial charge in [-0.25, -0.2) is 8.42 Å². The fourth-order valence-corrected chi connectivity index (χ4v) is 6.72. The van der Waals surface area contributed by atoms with Gasteiger partial charge in [-0.1, -0.05) is 92.7 Å². The number of para-hydroxylation sites is 1. The predicted octanol–water partition coefficient (Wildman–Crippen LogP) is 6.01. The van der Waals surface area contributed by atoms with Gasteiger partial charge in [0.2, 0.25) is 11.8 Å². The minimum atomic E-state index is -4.16. The van der Waals surface area contributed by atoms with Crippen molar-refractivity contribution >= 4 is 27.5 Å². The van der Waals surface area contributed by atoms with Crippen LogP contribution in [0.3, 0.4) is 0 Å². The Balaban J connectivity index is 1.84. The average Bonchev–Trinajstić information content (AvgIpc) is 3.09. The largest absolute Gasteiger partial charge is 0.497 e. The van der Waals surface area contributed by atoms with E-state index < -0.39 is 28.5 Å². The van der Waals surface area contributed by atoms with Gasteiger partial charge in [0, 0.05) is 19.0 Å². The molecule has 4 rings (SSSR count). The number of ether oxygens (including phenoxy) is 1. The van der Waals surface area contributed by atoms with Crippen LogP contribution in [0.5, 0.6) is 5.75 Å². The minimum Gasteiger partial charge on any atom is -0.497 e. The summed E-state index contributed by atoms with van der Waals surface area (Å²) in [5.41, 5.74) is 2.82. The number of hydrogen-bond acceptors (Lipinski definition) is 5. The number of benzene rings is 4. The molecule has 0 aliphatic rings. The van der Waals surface area contributed by atoms with Crippen LogP contribution in [-0.2, 0) is 39.0 Å². The summed E-state index contributed by atoms with van der Waals surface area (Å²) in [5.74, 6) is -0.201. The van der Waals surface area contributed by atoms with Gasteiger partial charge in [-0.05, 0) is 66.8 Å². The van der Waals surface area contributed by atoms with Crippen molar-refractivity contribution in [2.75, 3.05) is 18.0 Å². The SMILES string of the molecule is CCc1ccccc1N(CC(=O)N(Cc1cccc(OC)c1)[C@H](Cc1ccccc1)C(=O)N[C@H](C)CC)S(=O)(=O)c1ccccc1. The van der Waals surface area contributed by atoms with Gasteiger partial charge in [-0.2, -0.15) is 0 Å². The highest BCUT2D eigenvalue weighted by Gasteiger charge is 2.35. The Hall–Kier alpha value is -4.63. The van der Waals surface area contributed by atoms with Crippen molar-refractivity contribution in [3.05, 3.63) is 126 Å². The maximum atomic E-state index is 14.7. The summed E-state index contributed by atoms with van der Waals surface area (Å²) in [5, 5.41) is 3.06. The summed E-state index contributed by atoms with van der Waals surface area (Å²) in [6.45, 7) is 5.41. The van der Waals surface area contributed by atoms with E-state index in [4.69, 9.17) is 4.74 Å². The molecule has 2 atom stereocenters. The zero-order valence-electron chi connectivity index (χ0n) is 26.9. The van der Waals surface area contributed by atoms with Gasteiger partial charge in [0.15, 0.2) is 0 Å². The summed E-state index contributed by atoms with van der Waals surface area (Å²) >= 11 is 0. The highest BCUT2D eigenvalue weighted by molar-refractivity contribution is 7.92. The third-order valence-electron chi connectivity index (χ3n) is 8.01. The van der Waals surface area contributed by atoms with Crippen LogP contribution in [0.4, 0.5) is 5.69 Å². The van der Waals surface area contributed by atoms with Gasteiger partial charge in [0.25, 0.3) is 10.0 Å². The van der Waals surface area contributed by atoms with E-state index in [0.29, 0.717) is 24.3 Å². The van der Waals surface area contributed by atoms with Crippen molar-refractivity contribution in [1.82, 2.24) is 10.2 Å². The Kier molecular flexibility index (Phi) is 12.0. The third-order valence-corrected chi connectivity index (χ3v) is 9.78. The molecule has 0 unspecified atom stereocenters. The zero-order valence-corrected chi connectivity index (χ0v) is 27.7. The van der Waals surface area contributed by atoms with Gasteiger partial charge in [0.1, 0.15) is 18.3 Å². The number of sulfonamides is 1. The number of methoxy groups -OCH3 is 1. The number of anilines is 1. The highest BCUT2D eigenvalue weighted by Crippen LogP contribution is 2.28. The van der Waals surface area contributed by atoms with Gasteiger partial charge >= 0.3 is 0 Å². The Labute approximate surface area is 273 Å². The van der Waals surface area contributed by atoms with Crippen molar-refractivity contribution in [3.8, 4) is 5.75 Å². The van der Waals surface area contributed by atoms with Crippen molar-refractivity contribution in [2.24, 2.45) is 0 Å². The molecule has 242 valence electrons. The molecule has 0 fully saturated rings. The molecule has 4 aromatic carbocycles. The van der Waals surface area contributed by atoms with E-state index >= 15 is 0 Å². The van der Waals surface area contributed by atoms with Crippen LogP contribution in [0, 0.1) is 0 Å². The first-order valence-electron chi connectivity index (χ1n) is 15.6. The van der Waals surface area contributed by atoms with Gasteiger partial charge in [-0.3, -0.25) is 13.9 Å². The lowest BCUT2D eigenvalue weighted by Crippen LogP contribution is -2.54. The molecule has 0 saturated carbocycles. The zero-order chi connectivity index (χ0) is 33.1. The van der Waals surface area contributed by atoms with Crippen LogP contribution in [0.25, 0.3) is 0 Å². The summed E-state index contributed by atoms with van der Waals surface area (Å²) in [7, 11) is -2.59. The Morgan fingerprint density at radius 2 is 1.46 bits per heavy atom. The van der Waals surface area contributed by atoms with Crippen LogP contribution in [0.15, 0.2) is 114 Å². The molecule has 46 heavy (non-hydrogen) atoms. The molecule has 0 saturated heterocycles. The number of amides is 2. The maximum Gasteiger partial charge on any atom is 0.264 e. The summed E-state index contributed by atoms with van der Waals surface area (Å²) < 4.78 is 35.1. The number of nitrogens with one attached hydrogen (secondary N) is 1. The molecule has 2 amide bonds. The first-order valence-corrected chi connectivity index (χ1v) is 17.0. The minimum absolute atomic E-state index is 0.0656. The monoisotopic (exact) mass is 641 g/mol. The number of carbonyl (C=O) groups excluding carboxylic acids is 2. The highest BCUT2D eigenvalue weighted by atomic mass is 32.2.